The maximum atomic E-state index is 3.52. The molecule has 1 fully saturated rings. The van der Waals surface area contributed by atoms with E-state index in [0.29, 0.717) is 0 Å². The molecule has 2 heteroatoms. The monoisotopic (exact) mass is 270 g/mol. The summed E-state index contributed by atoms with van der Waals surface area (Å²) in [4.78, 5) is 0. The Labute approximate surface area is 98.6 Å². The van der Waals surface area contributed by atoms with Crippen molar-refractivity contribution in [3.8, 4) is 0 Å². The molecule has 0 aliphatic carbocycles. The van der Waals surface area contributed by atoms with Crippen LogP contribution in [0.3, 0.4) is 0 Å². The molecular weight excluding hydrogens is 256 g/mol. The van der Waals surface area contributed by atoms with Crippen molar-refractivity contribution in [3.05, 3.63) is 34.3 Å². The zero-order valence-corrected chi connectivity index (χ0v) is 10.6. The molecule has 0 N–H and O–H groups in total. The minimum absolute atomic E-state index is 0.922. The molecule has 1 aliphatic rings. The van der Waals surface area contributed by atoms with Crippen LogP contribution < -0.4 is 0 Å². The van der Waals surface area contributed by atoms with Crippen LogP contribution in [0.1, 0.15) is 18.4 Å². The van der Waals surface area contributed by atoms with Crippen LogP contribution in [0.15, 0.2) is 28.7 Å². The Kier molecular flexibility index (Phi) is 3.94. The highest BCUT2D eigenvalue weighted by Crippen LogP contribution is 2.26. The average molecular weight is 271 g/mol. The summed E-state index contributed by atoms with van der Waals surface area (Å²) in [6.45, 7) is 0. The summed E-state index contributed by atoms with van der Waals surface area (Å²) in [6, 6.07) is 8.73. The summed E-state index contributed by atoms with van der Waals surface area (Å²) in [6.07, 6.45) is 4.06. The third-order valence-corrected chi connectivity index (χ3v) is 4.30. The molecule has 0 bridgehead atoms. The van der Waals surface area contributed by atoms with E-state index in [2.05, 4.69) is 52.0 Å². The molecule has 0 radical (unpaired) electrons. The van der Waals surface area contributed by atoms with Gasteiger partial charge in [0.05, 0.1) is 0 Å². The van der Waals surface area contributed by atoms with Gasteiger partial charge in [-0.25, -0.2) is 0 Å². The Morgan fingerprint density at radius 1 is 1.29 bits per heavy atom. The van der Waals surface area contributed by atoms with Gasteiger partial charge in [0.15, 0.2) is 0 Å². The molecule has 2 rings (SSSR count). The van der Waals surface area contributed by atoms with Crippen molar-refractivity contribution in [3.63, 3.8) is 0 Å². The van der Waals surface area contributed by atoms with E-state index < -0.39 is 0 Å². The number of hydrogen-bond donors (Lipinski definition) is 0. The quantitative estimate of drug-likeness (QED) is 0.779. The first-order valence-electron chi connectivity index (χ1n) is 5.17. The lowest BCUT2D eigenvalue weighted by Crippen LogP contribution is -2.12. The molecule has 1 saturated heterocycles. The molecule has 0 atom stereocenters. The summed E-state index contributed by atoms with van der Waals surface area (Å²) < 4.78 is 1.21. The van der Waals surface area contributed by atoms with E-state index in [9.17, 15) is 0 Å². The fourth-order valence-corrected chi connectivity index (χ4v) is 3.60. The second-order valence-electron chi connectivity index (χ2n) is 3.89. The molecule has 1 aromatic rings. The Morgan fingerprint density at radius 2 is 2.07 bits per heavy atom. The van der Waals surface area contributed by atoms with Crippen LogP contribution in [0.4, 0.5) is 0 Å². The number of hydrogen-bond acceptors (Lipinski definition) is 1. The number of halogens is 1. The highest BCUT2D eigenvalue weighted by Gasteiger charge is 2.13. The molecule has 14 heavy (non-hydrogen) atoms. The van der Waals surface area contributed by atoms with E-state index in [-0.39, 0.29) is 0 Å². The van der Waals surface area contributed by atoms with E-state index in [4.69, 9.17) is 0 Å². The highest BCUT2D eigenvalue weighted by atomic mass is 79.9. The molecular formula is C12H15BrS. The van der Waals surface area contributed by atoms with Crippen LogP contribution in [-0.2, 0) is 6.42 Å². The van der Waals surface area contributed by atoms with Gasteiger partial charge in [-0.05, 0) is 54.4 Å². The fourth-order valence-electron chi connectivity index (χ4n) is 1.95. The van der Waals surface area contributed by atoms with Crippen molar-refractivity contribution in [2.75, 3.05) is 11.5 Å². The van der Waals surface area contributed by atoms with Gasteiger partial charge < -0.3 is 0 Å². The lowest BCUT2D eigenvalue weighted by Gasteiger charge is -2.21. The van der Waals surface area contributed by atoms with E-state index in [1.807, 2.05) is 0 Å². The molecule has 1 aromatic carbocycles. The molecule has 0 amide bonds. The number of thioether (sulfide) groups is 1. The van der Waals surface area contributed by atoms with Gasteiger partial charge in [-0.3, -0.25) is 0 Å². The SMILES string of the molecule is Brc1cccc(CC2CCSCC2)c1. The van der Waals surface area contributed by atoms with Crippen LogP contribution in [-0.4, -0.2) is 11.5 Å². The Bertz CT molecular complexity index is 292. The van der Waals surface area contributed by atoms with Gasteiger partial charge in [0.1, 0.15) is 0 Å². The summed E-state index contributed by atoms with van der Waals surface area (Å²) in [5.74, 6) is 3.64. The molecule has 76 valence electrons. The van der Waals surface area contributed by atoms with Crippen molar-refractivity contribution in [1.82, 2.24) is 0 Å². The van der Waals surface area contributed by atoms with Crippen molar-refractivity contribution in [2.24, 2.45) is 5.92 Å². The van der Waals surface area contributed by atoms with Crippen molar-refractivity contribution < 1.29 is 0 Å². The molecule has 0 saturated carbocycles. The minimum Gasteiger partial charge on any atom is -0.162 e. The number of rotatable bonds is 2. The van der Waals surface area contributed by atoms with E-state index in [1.54, 1.807) is 0 Å². The first-order chi connectivity index (χ1) is 6.84. The lowest BCUT2D eigenvalue weighted by molar-refractivity contribution is 0.488. The van der Waals surface area contributed by atoms with E-state index >= 15 is 0 Å². The van der Waals surface area contributed by atoms with Crippen LogP contribution in [0.25, 0.3) is 0 Å². The molecule has 1 aliphatic heterocycles. The Hall–Kier alpha value is 0.0500. The third-order valence-electron chi connectivity index (χ3n) is 2.75. The molecule has 1 heterocycles. The predicted molar refractivity (Wildman–Crippen MR) is 67.9 cm³/mol. The van der Waals surface area contributed by atoms with E-state index in [1.165, 1.54) is 40.8 Å². The first kappa shape index (κ1) is 10.6. The zero-order valence-electron chi connectivity index (χ0n) is 8.21. The van der Waals surface area contributed by atoms with Gasteiger partial charge in [-0.15, -0.1) is 0 Å². The summed E-state index contributed by atoms with van der Waals surface area (Å²) in [7, 11) is 0. The maximum Gasteiger partial charge on any atom is 0.0177 e. The predicted octanol–water partition coefficient (Wildman–Crippen LogP) is 4.13. The van der Waals surface area contributed by atoms with E-state index in [0.717, 1.165) is 5.92 Å². The zero-order chi connectivity index (χ0) is 9.80. The molecule has 0 nitrogen and oxygen atoms in total. The lowest BCUT2D eigenvalue weighted by atomic mass is 9.94. The average Bonchev–Trinajstić information content (AvgIpc) is 2.19. The third kappa shape index (κ3) is 3.03. The van der Waals surface area contributed by atoms with Gasteiger partial charge in [-0.1, -0.05) is 28.1 Å². The fraction of sp³-hybridized carbons (Fsp3) is 0.500. The largest absolute Gasteiger partial charge is 0.162 e. The van der Waals surface area contributed by atoms with Crippen molar-refractivity contribution in [1.29, 1.82) is 0 Å². The Balaban J connectivity index is 1.95. The smallest absolute Gasteiger partial charge is 0.0177 e. The molecule has 0 aromatic heterocycles. The standard InChI is InChI=1S/C12H15BrS/c13-12-3-1-2-11(9-12)8-10-4-6-14-7-5-10/h1-3,9-10H,4-8H2. The normalized spacial score (nSPS) is 18.4. The van der Waals surface area contributed by atoms with Gasteiger partial charge in [-0.2, -0.15) is 11.8 Å². The Morgan fingerprint density at radius 3 is 2.79 bits per heavy atom. The van der Waals surface area contributed by atoms with Gasteiger partial charge in [0.2, 0.25) is 0 Å². The van der Waals surface area contributed by atoms with Crippen LogP contribution in [0, 0.1) is 5.92 Å². The first-order valence-corrected chi connectivity index (χ1v) is 7.11. The summed E-state index contributed by atoms with van der Waals surface area (Å²) >= 11 is 5.63. The minimum atomic E-state index is 0.922. The van der Waals surface area contributed by atoms with Crippen LogP contribution >= 0.6 is 27.7 Å². The van der Waals surface area contributed by atoms with Crippen molar-refractivity contribution in [2.45, 2.75) is 19.3 Å². The maximum absolute atomic E-state index is 3.52. The number of benzene rings is 1. The van der Waals surface area contributed by atoms with Gasteiger partial charge >= 0.3 is 0 Å². The van der Waals surface area contributed by atoms with Crippen LogP contribution in [0.5, 0.6) is 0 Å². The van der Waals surface area contributed by atoms with Crippen LogP contribution in [0.2, 0.25) is 0 Å². The second-order valence-corrected chi connectivity index (χ2v) is 6.03. The highest BCUT2D eigenvalue weighted by molar-refractivity contribution is 9.10. The summed E-state index contributed by atoms with van der Waals surface area (Å²) in [5.41, 5.74) is 1.48. The van der Waals surface area contributed by atoms with Gasteiger partial charge in [0.25, 0.3) is 0 Å². The second kappa shape index (κ2) is 5.22. The summed E-state index contributed by atoms with van der Waals surface area (Å²) in [5, 5.41) is 0. The van der Waals surface area contributed by atoms with Crippen molar-refractivity contribution >= 4 is 27.7 Å². The van der Waals surface area contributed by atoms with Gasteiger partial charge in [0, 0.05) is 4.47 Å². The molecule has 0 unspecified atom stereocenters. The molecule has 0 spiro atoms. The topological polar surface area (TPSA) is 0 Å².